The van der Waals surface area contributed by atoms with Crippen molar-refractivity contribution in [3.8, 4) is 22.8 Å². The zero-order chi connectivity index (χ0) is 28.6. The van der Waals surface area contributed by atoms with E-state index in [1.54, 1.807) is 31.0 Å². The topological polar surface area (TPSA) is 107 Å². The van der Waals surface area contributed by atoms with Crippen molar-refractivity contribution in [1.82, 2.24) is 19.7 Å². The van der Waals surface area contributed by atoms with Crippen molar-refractivity contribution in [1.29, 1.82) is 0 Å². The van der Waals surface area contributed by atoms with Gasteiger partial charge in [-0.15, -0.1) is 10.2 Å². The van der Waals surface area contributed by atoms with Gasteiger partial charge in [0.05, 0.1) is 12.0 Å². The summed E-state index contributed by atoms with van der Waals surface area (Å²) in [6.45, 7) is 3.09. The van der Waals surface area contributed by atoms with Gasteiger partial charge in [0.15, 0.2) is 11.0 Å². The number of carbonyl (C=O) groups excluding carboxylic acids is 1. The molecule has 0 atom stereocenters. The van der Waals surface area contributed by atoms with E-state index in [0.29, 0.717) is 12.2 Å². The fourth-order valence-corrected chi connectivity index (χ4v) is 5.75. The van der Waals surface area contributed by atoms with Gasteiger partial charge in [-0.2, -0.15) is 0 Å². The third-order valence-corrected chi connectivity index (χ3v) is 8.09. The first-order chi connectivity index (χ1) is 20.0. The number of hydrogen-bond acceptors (Lipinski definition) is 8. The van der Waals surface area contributed by atoms with Crippen LogP contribution < -0.4 is 9.64 Å². The molecule has 1 fully saturated rings. The average molecular weight is 573 g/mol. The van der Waals surface area contributed by atoms with Crippen LogP contribution in [0.3, 0.4) is 0 Å². The number of nitro groups is 1. The minimum absolute atomic E-state index is 0.0304. The standard InChI is InChI=1S/C30H32N6O4S/c1-40-27-16-14-24(15-17-27)33-18-20-34(21-19-33)28(37)9-5-6-22-41-30-32-31-29(35(30)25-7-3-2-4-8-25)23-10-12-26(13-11-23)36(38)39/h2-4,7-8,10-17H,5-6,9,18-22H2,1H3. The van der Waals surface area contributed by atoms with Crippen molar-refractivity contribution in [3.63, 3.8) is 0 Å². The molecule has 1 aromatic heterocycles. The second kappa shape index (κ2) is 13.3. The molecular weight excluding hydrogens is 540 g/mol. The first kappa shape index (κ1) is 28.2. The van der Waals surface area contributed by atoms with Crippen LogP contribution in [0.2, 0.25) is 0 Å². The summed E-state index contributed by atoms with van der Waals surface area (Å²) in [4.78, 5) is 27.8. The number of methoxy groups -OCH3 is 1. The Labute approximate surface area is 243 Å². The minimum Gasteiger partial charge on any atom is -0.497 e. The smallest absolute Gasteiger partial charge is 0.269 e. The molecule has 2 heterocycles. The molecule has 0 bridgehead atoms. The Bertz CT molecular complexity index is 1450. The molecule has 10 nitrogen and oxygen atoms in total. The highest BCUT2D eigenvalue weighted by atomic mass is 32.2. The number of hydrogen-bond donors (Lipinski definition) is 0. The van der Waals surface area contributed by atoms with Crippen LogP contribution in [0.15, 0.2) is 84.0 Å². The Balaban J connectivity index is 1.13. The Morgan fingerprint density at radius 2 is 1.61 bits per heavy atom. The molecule has 41 heavy (non-hydrogen) atoms. The average Bonchev–Trinajstić information content (AvgIpc) is 3.45. The lowest BCUT2D eigenvalue weighted by Gasteiger charge is -2.36. The van der Waals surface area contributed by atoms with Gasteiger partial charge in [0.1, 0.15) is 5.75 Å². The summed E-state index contributed by atoms with van der Waals surface area (Å²) < 4.78 is 7.21. The molecule has 1 saturated heterocycles. The molecular formula is C30H32N6O4S. The van der Waals surface area contributed by atoms with Crippen LogP contribution in [-0.2, 0) is 4.79 Å². The van der Waals surface area contributed by atoms with Crippen LogP contribution in [-0.4, -0.2) is 69.5 Å². The van der Waals surface area contributed by atoms with Crippen molar-refractivity contribution in [2.45, 2.75) is 24.4 Å². The Hall–Kier alpha value is -4.38. The Morgan fingerprint density at radius 3 is 2.27 bits per heavy atom. The van der Waals surface area contributed by atoms with Gasteiger partial charge in [0.25, 0.3) is 5.69 Å². The molecule has 0 saturated carbocycles. The van der Waals surface area contributed by atoms with Gasteiger partial charge >= 0.3 is 0 Å². The molecule has 0 spiro atoms. The summed E-state index contributed by atoms with van der Waals surface area (Å²) >= 11 is 1.59. The SMILES string of the molecule is COc1ccc(N2CCN(C(=O)CCCCSc3nnc(-c4ccc([N+](=O)[O-])cc4)n3-c3ccccc3)CC2)cc1. The number of nitrogens with zero attached hydrogens (tertiary/aromatic N) is 6. The van der Waals surface area contributed by atoms with E-state index in [-0.39, 0.29) is 11.6 Å². The highest BCUT2D eigenvalue weighted by Gasteiger charge is 2.21. The van der Waals surface area contributed by atoms with Crippen LogP contribution in [0.4, 0.5) is 11.4 Å². The molecule has 0 radical (unpaired) electrons. The van der Waals surface area contributed by atoms with Gasteiger partial charge < -0.3 is 14.5 Å². The minimum atomic E-state index is -0.416. The number of amides is 1. The summed E-state index contributed by atoms with van der Waals surface area (Å²) in [5.41, 5.74) is 2.84. The summed E-state index contributed by atoms with van der Waals surface area (Å²) in [5.74, 6) is 2.46. The third-order valence-electron chi connectivity index (χ3n) is 7.07. The maximum atomic E-state index is 12.8. The predicted octanol–water partition coefficient (Wildman–Crippen LogP) is 5.46. The van der Waals surface area contributed by atoms with Crippen LogP contribution in [0.5, 0.6) is 5.75 Å². The molecule has 11 heteroatoms. The number of nitro benzene ring substituents is 1. The summed E-state index contributed by atoms with van der Waals surface area (Å²) in [5, 5.41) is 20.7. The molecule has 4 aromatic rings. The summed E-state index contributed by atoms with van der Waals surface area (Å²) in [6.07, 6.45) is 2.21. The van der Waals surface area contributed by atoms with Gasteiger partial charge in [-0.25, -0.2) is 0 Å². The highest BCUT2D eigenvalue weighted by molar-refractivity contribution is 7.99. The van der Waals surface area contributed by atoms with Crippen molar-refractivity contribution >= 4 is 29.0 Å². The van der Waals surface area contributed by atoms with E-state index in [1.807, 2.05) is 51.9 Å². The third kappa shape index (κ3) is 6.86. The molecule has 5 rings (SSSR count). The predicted molar refractivity (Wildman–Crippen MR) is 160 cm³/mol. The highest BCUT2D eigenvalue weighted by Crippen LogP contribution is 2.29. The van der Waals surface area contributed by atoms with Gasteiger partial charge in [-0.1, -0.05) is 30.0 Å². The first-order valence-electron chi connectivity index (χ1n) is 13.6. The van der Waals surface area contributed by atoms with Crippen LogP contribution in [0, 0.1) is 10.1 Å². The molecule has 0 unspecified atom stereocenters. The van der Waals surface area contributed by atoms with Gasteiger partial charge in [0.2, 0.25) is 5.91 Å². The van der Waals surface area contributed by atoms with Gasteiger partial charge in [-0.3, -0.25) is 19.5 Å². The summed E-state index contributed by atoms with van der Waals surface area (Å²) in [6, 6.07) is 24.2. The van der Waals surface area contributed by atoms with Crippen LogP contribution in [0.1, 0.15) is 19.3 Å². The fourth-order valence-electron chi connectivity index (χ4n) is 4.80. The number of non-ortho nitro benzene ring substituents is 1. The van der Waals surface area contributed by atoms with E-state index >= 15 is 0 Å². The molecule has 0 N–H and O–H groups in total. The van der Waals surface area contributed by atoms with E-state index in [9.17, 15) is 14.9 Å². The number of carbonyl (C=O) groups is 1. The number of anilines is 1. The van der Waals surface area contributed by atoms with Crippen LogP contribution >= 0.6 is 11.8 Å². The van der Waals surface area contributed by atoms with Crippen molar-refractivity contribution in [3.05, 3.63) is 89.0 Å². The number of aromatic nitrogens is 3. The molecule has 3 aromatic carbocycles. The first-order valence-corrected chi connectivity index (χ1v) is 14.6. The van der Waals surface area contributed by atoms with Crippen LogP contribution in [0.25, 0.3) is 17.1 Å². The molecule has 212 valence electrons. The van der Waals surface area contributed by atoms with E-state index in [4.69, 9.17) is 4.74 Å². The molecule has 0 aliphatic carbocycles. The van der Waals surface area contributed by atoms with Gasteiger partial charge in [0, 0.05) is 67.4 Å². The van der Waals surface area contributed by atoms with Crippen molar-refractivity contribution in [2.24, 2.45) is 0 Å². The molecule has 1 amide bonds. The lowest BCUT2D eigenvalue weighted by atomic mass is 10.2. The quantitative estimate of drug-likeness (QED) is 0.101. The number of piperazine rings is 1. The van der Waals surface area contributed by atoms with Crippen molar-refractivity contribution in [2.75, 3.05) is 43.9 Å². The Morgan fingerprint density at radius 1 is 0.902 bits per heavy atom. The summed E-state index contributed by atoms with van der Waals surface area (Å²) in [7, 11) is 1.66. The monoisotopic (exact) mass is 572 g/mol. The van der Waals surface area contributed by atoms with E-state index in [1.165, 1.54) is 12.1 Å². The zero-order valence-corrected chi connectivity index (χ0v) is 23.7. The largest absolute Gasteiger partial charge is 0.497 e. The number of thioether (sulfide) groups is 1. The number of unbranched alkanes of at least 4 members (excludes halogenated alkanes) is 1. The number of ether oxygens (including phenoxy) is 1. The lowest BCUT2D eigenvalue weighted by molar-refractivity contribution is -0.384. The fraction of sp³-hybridized carbons (Fsp3) is 0.300. The van der Waals surface area contributed by atoms with E-state index < -0.39 is 4.92 Å². The lowest BCUT2D eigenvalue weighted by Crippen LogP contribution is -2.48. The second-order valence-corrected chi connectivity index (χ2v) is 10.7. The number of rotatable bonds is 11. The number of benzene rings is 3. The normalized spacial score (nSPS) is 13.3. The van der Waals surface area contributed by atoms with Crippen molar-refractivity contribution < 1.29 is 14.5 Å². The molecule has 1 aliphatic heterocycles. The maximum absolute atomic E-state index is 12.8. The van der Waals surface area contributed by atoms with E-state index in [2.05, 4.69) is 27.2 Å². The zero-order valence-electron chi connectivity index (χ0n) is 22.9. The number of para-hydroxylation sites is 1. The maximum Gasteiger partial charge on any atom is 0.269 e. The molecule has 1 aliphatic rings. The Kier molecular flexibility index (Phi) is 9.15. The second-order valence-electron chi connectivity index (χ2n) is 9.65. The van der Waals surface area contributed by atoms with E-state index in [0.717, 1.165) is 72.6 Å². The van der Waals surface area contributed by atoms with Gasteiger partial charge in [-0.05, 0) is 61.4 Å².